The van der Waals surface area contributed by atoms with Crippen LogP contribution in [0.4, 0.5) is 0 Å². The molecule has 9 heteroatoms. The van der Waals surface area contributed by atoms with Crippen LogP contribution in [0.3, 0.4) is 0 Å². The van der Waals surface area contributed by atoms with Crippen molar-refractivity contribution in [3.8, 4) is 5.69 Å². The zero-order chi connectivity index (χ0) is 30.9. The molecule has 0 radical (unpaired) electrons. The maximum absolute atomic E-state index is 13.5. The van der Waals surface area contributed by atoms with E-state index in [4.69, 9.17) is 0 Å². The van der Waals surface area contributed by atoms with Gasteiger partial charge in [0, 0.05) is 34.7 Å². The largest absolute Gasteiger partial charge is 0.481 e. The van der Waals surface area contributed by atoms with Crippen LogP contribution in [0.1, 0.15) is 94.8 Å². The van der Waals surface area contributed by atoms with Gasteiger partial charge in [-0.2, -0.15) is 0 Å². The fourth-order valence-electron chi connectivity index (χ4n) is 6.04. The third kappa shape index (κ3) is 7.42. The third-order valence-electron chi connectivity index (χ3n) is 8.05. The Hall–Kier alpha value is -3.17. The number of hydrogen-bond donors (Lipinski definition) is 3. The van der Waals surface area contributed by atoms with Crippen molar-refractivity contribution < 1.29 is 23.1 Å². The Morgan fingerprint density at radius 1 is 0.976 bits per heavy atom. The van der Waals surface area contributed by atoms with Gasteiger partial charge in [-0.25, -0.2) is 13.1 Å². The fourth-order valence-corrected chi connectivity index (χ4v) is 7.68. The van der Waals surface area contributed by atoms with Crippen molar-refractivity contribution in [3.05, 3.63) is 59.4 Å². The van der Waals surface area contributed by atoms with Crippen molar-refractivity contribution in [2.45, 2.75) is 96.9 Å². The highest BCUT2D eigenvalue weighted by atomic mass is 32.2. The number of amides is 1. The Bertz CT molecular complexity index is 1570. The van der Waals surface area contributed by atoms with Crippen LogP contribution in [0.2, 0.25) is 0 Å². The second-order valence-electron chi connectivity index (χ2n) is 13.6. The van der Waals surface area contributed by atoms with E-state index in [1.807, 2.05) is 78.1 Å². The standard InChI is InChI=1S/C33H45N3O5S/c1-22-26(31(39)34-21-33(5,6)19-30(37)38)20-36(28(22)18-23-12-8-7-9-13-23)27-16-17-29(25-15-11-10-14-24(25)27)42(40,41)35-32(2,3)4/h10-11,14-17,20,23,35H,7-9,12-13,18-19,21H2,1-6H3,(H,34,39)(H,37,38). The number of aromatic nitrogens is 1. The van der Waals surface area contributed by atoms with Gasteiger partial charge in [-0.1, -0.05) is 70.2 Å². The Morgan fingerprint density at radius 3 is 2.24 bits per heavy atom. The molecule has 4 rings (SSSR count). The summed E-state index contributed by atoms with van der Waals surface area (Å²) in [7, 11) is -3.79. The maximum Gasteiger partial charge on any atom is 0.303 e. The summed E-state index contributed by atoms with van der Waals surface area (Å²) >= 11 is 0. The maximum atomic E-state index is 13.5. The number of benzene rings is 2. The Kier molecular flexibility index (Phi) is 9.23. The number of rotatable bonds is 10. The molecule has 8 nitrogen and oxygen atoms in total. The molecule has 0 spiro atoms. The number of carboxylic acid groups (broad SMARTS) is 1. The lowest BCUT2D eigenvalue weighted by atomic mass is 9.85. The fraction of sp³-hybridized carbons (Fsp3) is 0.515. The molecule has 1 heterocycles. The van der Waals surface area contributed by atoms with Crippen LogP contribution in [0.5, 0.6) is 0 Å². The van der Waals surface area contributed by atoms with Crippen LogP contribution in [-0.4, -0.2) is 42.1 Å². The molecule has 0 aliphatic heterocycles. The van der Waals surface area contributed by atoms with Crippen molar-refractivity contribution in [1.29, 1.82) is 0 Å². The number of sulfonamides is 1. The minimum absolute atomic E-state index is 0.0501. The molecule has 1 aromatic heterocycles. The summed E-state index contributed by atoms with van der Waals surface area (Å²) in [6.07, 6.45) is 8.57. The number of nitrogens with zero attached hydrogens (tertiary/aromatic N) is 1. The Morgan fingerprint density at radius 2 is 1.62 bits per heavy atom. The zero-order valence-electron chi connectivity index (χ0n) is 25.7. The molecule has 3 aromatic rings. The van der Waals surface area contributed by atoms with Gasteiger partial charge in [0.25, 0.3) is 5.91 Å². The molecule has 2 aromatic carbocycles. The molecule has 1 amide bonds. The number of carbonyl (C=O) groups excluding carboxylic acids is 1. The van der Waals surface area contributed by atoms with Crippen LogP contribution in [0, 0.1) is 18.3 Å². The monoisotopic (exact) mass is 595 g/mol. The molecule has 0 unspecified atom stereocenters. The topological polar surface area (TPSA) is 118 Å². The molecule has 0 atom stereocenters. The average molecular weight is 596 g/mol. The first-order valence-electron chi connectivity index (χ1n) is 14.8. The zero-order valence-corrected chi connectivity index (χ0v) is 26.5. The van der Waals surface area contributed by atoms with E-state index in [9.17, 15) is 23.1 Å². The van der Waals surface area contributed by atoms with E-state index in [0.29, 0.717) is 16.9 Å². The quantitative estimate of drug-likeness (QED) is 0.252. The summed E-state index contributed by atoms with van der Waals surface area (Å²) in [6.45, 7) is 11.3. The number of carbonyl (C=O) groups is 2. The van der Waals surface area contributed by atoms with E-state index in [1.54, 1.807) is 6.07 Å². The Balaban J connectivity index is 1.81. The molecule has 0 bridgehead atoms. The van der Waals surface area contributed by atoms with E-state index in [1.165, 1.54) is 19.3 Å². The second kappa shape index (κ2) is 12.2. The van der Waals surface area contributed by atoms with Gasteiger partial charge >= 0.3 is 5.97 Å². The van der Waals surface area contributed by atoms with Gasteiger partial charge in [-0.05, 0) is 63.1 Å². The second-order valence-corrected chi connectivity index (χ2v) is 15.2. The highest BCUT2D eigenvalue weighted by Crippen LogP contribution is 2.35. The van der Waals surface area contributed by atoms with Crippen molar-refractivity contribution in [2.24, 2.45) is 11.3 Å². The summed E-state index contributed by atoms with van der Waals surface area (Å²) < 4.78 is 31.6. The number of aliphatic carboxylic acids is 1. The van der Waals surface area contributed by atoms with Gasteiger partial charge in [0.2, 0.25) is 10.0 Å². The number of nitrogens with one attached hydrogen (secondary N) is 2. The van der Waals surface area contributed by atoms with Crippen molar-refractivity contribution >= 4 is 32.7 Å². The SMILES string of the molecule is Cc1c(C(=O)NCC(C)(C)CC(=O)O)cn(-c2ccc(S(=O)(=O)NC(C)(C)C)c3ccccc23)c1CC1CCCCC1. The van der Waals surface area contributed by atoms with Crippen LogP contribution in [-0.2, 0) is 21.2 Å². The summed E-state index contributed by atoms with van der Waals surface area (Å²) in [5.74, 6) is -0.632. The summed E-state index contributed by atoms with van der Waals surface area (Å²) in [5.41, 5.74) is 2.07. The lowest BCUT2D eigenvalue weighted by molar-refractivity contribution is -0.139. The van der Waals surface area contributed by atoms with Gasteiger partial charge in [0.1, 0.15) is 0 Å². The molecule has 0 saturated heterocycles. The van der Waals surface area contributed by atoms with Gasteiger partial charge in [0.05, 0.1) is 22.6 Å². The first-order chi connectivity index (χ1) is 19.6. The van der Waals surface area contributed by atoms with E-state index in [2.05, 4.69) is 14.6 Å². The summed E-state index contributed by atoms with van der Waals surface area (Å²) in [5, 5.41) is 13.6. The molecule has 42 heavy (non-hydrogen) atoms. The van der Waals surface area contributed by atoms with Gasteiger partial charge < -0.3 is 15.0 Å². The van der Waals surface area contributed by atoms with E-state index >= 15 is 0 Å². The predicted octanol–water partition coefficient (Wildman–Crippen LogP) is 6.37. The van der Waals surface area contributed by atoms with Gasteiger partial charge in [0.15, 0.2) is 0 Å². The third-order valence-corrected chi connectivity index (χ3v) is 9.86. The van der Waals surface area contributed by atoms with E-state index < -0.39 is 26.9 Å². The minimum atomic E-state index is -3.79. The lowest BCUT2D eigenvalue weighted by Gasteiger charge is -2.24. The van der Waals surface area contributed by atoms with Gasteiger partial charge in [-0.15, -0.1) is 0 Å². The highest BCUT2D eigenvalue weighted by Gasteiger charge is 2.28. The molecular formula is C33H45N3O5S. The van der Waals surface area contributed by atoms with Crippen LogP contribution >= 0.6 is 0 Å². The average Bonchev–Trinajstić information content (AvgIpc) is 3.20. The van der Waals surface area contributed by atoms with Crippen molar-refractivity contribution in [3.63, 3.8) is 0 Å². The molecular weight excluding hydrogens is 550 g/mol. The van der Waals surface area contributed by atoms with Crippen molar-refractivity contribution in [1.82, 2.24) is 14.6 Å². The van der Waals surface area contributed by atoms with E-state index in [-0.39, 0.29) is 23.8 Å². The molecule has 228 valence electrons. The van der Waals surface area contributed by atoms with Gasteiger partial charge in [-0.3, -0.25) is 9.59 Å². The first kappa shape index (κ1) is 31.8. The smallest absolute Gasteiger partial charge is 0.303 e. The summed E-state index contributed by atoms with van der Waals surface area (Å²) in [4.78, 5) is 25.0. The number of fused-ring (bicyclic) bond motifs is 1. The van der Waals surface area contributed by atoms with Crippen LogP contribution < -0.4 is 10.0 Å². The molecule has 1 saturated carbocycles. The number of hydrogen-bond acceptors (Lipinski definition) is 4. The van der Waals surface area contributed by atoms with Crippen molar-refractivity contribution in [2.75, 3.05) is 6.54 Å². The Labute approximate surface area is 249 Å². The molecule has 1 aliphatic carbocycles. The number of carboxylic acids is 1. The van der Waals surface area contributed by atoms with Crippen LogP contribution in [0.15, 0.2) is 47.5 Å². The highest BCUT2D eigenvalue weighted by molar-refractivity contribution is 7.89. The lowest BCUT2D eigenvalue weighted by Crippen LogP contribution is -2.40. The predicted molar refractivity (Wildman–Crippen MR) is 167 cm³/mol. The summed E-state index contributed by atoms with van der Waals surface area (Å²) in [6, 6.07) is 11.0. The van der Waals surface area contributed by atoms with E-state index in [0.717, 1.165) is 41.6 Å². The molecule has 1 aliphatic rings. The molecule has 1 fully saturated rings. The normalized spacial score (nSPS) is 15.2. The molecule has 3 N–H and O–H groups in total. The minimum Gasteiger partial charge on any atom is -0.481 e. The first-order valence-corrected chi connectivity index (χ1v) is 16.3. The van der Waals surface area contributed by atoms with Crippen LogP contribution in [0.25, 0.3) is 16.5 Å².